The first-order chi connectivity index (χ1) is 14.2. The third-order valence-corrected chi connectivity index (χ3v) is 4.84. The van der Waals surface area contributed by atoms with Crippen molar-refractivity contribution in [3.63, 3.8) is 0 Å². The molecule has 0 aromatic heterocycles. The molecule has 1 fully saturated rings. The summed E-state index contributed by atoms with van der Waals surface area (Å²) in [4.78, 5) is 37.9. The summed E-state index contributed by atoms with van der Waals surface area (Å²) in [5.41, 5.74) is 0.312. The molecule has 8 nitrogen and oxygen atoms in total. The predicted molar refractivity (Wildman–Crippen MR) is 113 cm³/mol. The van der Waals surface area contributed by atoms with Crippen LogP contribution >= 0.6 is 0 Å². The minimum atomic E-state index is -0.595. The van der Waals surface area contributed by atoms with Gasteiger partial charge in [0.05, 0.1) is 13.5 Å². The first-order valence-electron chi connectivity index (χ1n) is 10.3. The number of benzene rings is 1. The summed E-state index contributed by atoms with van der Waals surface area (Å²) in [6, 6.07) is 7.47. The Morgan fingerprint density at radius 3 is 2.47 bits per heavy atom. The molecule has 2 N–H and O–H groups in total. The first kappa shape index (κ1) is 23.5. The Morgan fingerprint density at radius 2 is 1.83 bits per heavy atom. The van der Waals surface area contributed by atoms with E-state index in [9.17, 15) is 14.4 Å². The van der Waals surface area contributed by atoms with E-state index in [1.165, 1.54) is 0 Å². The van der Waals surface area contributed by atoms with Crippen LogP contribution in [0.3, 0.4) is 0 Å². The monoisotopic (exact) mass is 419 g/mol. The van der Waals surface area contributed by atoms with E-state index in [2.05, 4.69) is 10.6 Å². The highest BCUT2D eigenvalue weighted by Gasteiger charge is 2.24. The van der Waals surface area contributed by atoms with Gasteiger partial charge in [-0.05, 0) is 57.2 Å². The highest BCUT2D eigenvalue weighted by atomic mass is 16.6. The fourth-order valence-electron chi connectivity index (χ4n) is 3.25. The summed E-state index contributed by atoms with van der Waals surface area (Å²) in [6.45, 7) is 7.08. The average Bonchev–Trinajstić information content (AvgIpc) is 2.69. The Hall–Kier alpha value is -2.77. The minimum absolute atomic E-state index is 0.0247. The number of carbonyl (C=O) groups excluding carboxylic acids is 3. The Kier molecular flexibility index (Phi) is 8.50. The molecule has 1 aromatic rings. The lowest BCUT2D eigenvalue weighted by molar-refractivity contribution is -0.131. The van der Waals surface area contributed by atoms with Gasteiger partial charge in [-0.25, -0.2) is 4.79 Å². The fourth-order valence-corrected chi connectivity index (χ4v) is 3.25. The van der Waals surface area contributed by atoms with Crippen molar-refractivity contribution in [1.82, 2.24) is 15.5 Å². The first-order valence-corrected chi connectivity index (χ1v) is 10.3. The van der Waals surface area contributed by atoms with E-state index >= 15 is 0 Å². The maximum Gasteiger partial charge on any atom is 0.408 e. The zero-order valence-electron chi connectivity index (χ0n) is 18.3. The Bertz CT molecular complexity index is 737. The molecular weight excluding hydrogens is 386 g/mol. The molecule has 1 heterocycles. The molecule has 8 heteroatoms. The SMILES string of the molecule is COc1cccc(CC(=O)NCC2CCN(C(=O)CNC(=O)OC(C)(C)C)CC2)c1. The Balaban J connectivity index is 1.66. The molecule has 3 amide bonds. The molecule has 166 valence electrons. The summed E-state index contributed by atoms with van der Waals surface area (Å²) < 4.78 is 10.3. The van der Waals surface area contributed by atoms with Crippen molar-refractivity contribution in [3.05, 3.63) is 29.8 Å². The lowest BCUT2D eigenvalue weighted by Crippen LogP contribution is -2.46. The second-order valence-corrected chi connectivity index (χ2v) is 8.51. The van der Waals surface area contributed by atoms with E-state index in [0.717, 1.165) is 24.2 Å². The highest BCUT2D eigenvalue weighted by Crippen LogP contribution is 2.17. The van der Waals surface area contributed by atoms with Crippen LogP contribution in [0, 0.1) is 5.92 Å². The quantitative estimate of drug-likeness (QED) is 0.706. The molecule has 30 heavy (non-hydrogen) atoms. The number of nitrogens with one attached hydrogen (secondary N) is 2. The molecule has 0 aliphatic carbocycles. The molecule has 1 aliphatic heterocycles. The zero-order chi connectivity index (χ0) is 22.1. The van der Waals surface area contributed by atoms with Crippen LogP contribution in [0.1, 0.15) is 39.2 Å². The average molecular weight is 420 g/mol. The highest BCUT2D eigenvalue weighted by molar-refractivity contribution is 5.82. The van der Waals surface area contributed by atoms with Crippen LogP contribution in [0.15, 0.2) is 24.3 Å². The molecule has 0 spiro atoms. The van der Waals surface area contributed by atoms with Crippen molar-refractivity contribution in [2.75, 3.05) is 33.3 Å². The summed E-state index contributed by atoms with van der Waals surface area (Å²) in [5, 5.41) is 5.49. The van der Waals surface area contributed by atoms with Gasteiger partial charge in [0.1, 0.15) is 17.9 Å². The lowest BCUT2D eigenvalue weighted by atomic mass is 9.96. The number of piperidine rings is 1. The number of ether oxygens (including phenoxy) is 2. The number of alkyl carbamates (subject to hydrolysis) is 1. The van der Waals surface area contributed by atoms with Crippen molar-refractivity contribution in [3.8, 4) is 5.75 Å². The number of nitrogens with zero attached hydrogens (tertiary/aromatic N) is 1. The van der Waals surface area contributed by atoms with Gasteiger partial charge >= 0.3 is 6.09 Å². The van der Waals surface area contributed by atoms with Crippen LogP contribution in [0.2, 0.25) is 0 Å². The topological polar surface area (TPSA) is 97.0 Å². The van der Waals surface area contributed by atoms with Gasteiger partial charge in [0.2, 0.25) is 11.8 Å². The molecule has 0 radical (unpaired) electrons. The molecule has 0 unspecified atom stereocenters. The van der Waals surface area contributed by atoms with Gasteiger partial charge in [-0.2, -0.15) is 0 Å². The molecule has 0 atom stereocenters. The number of hydrogen-bond donors (Lipinski definition) is 2. The maximum absolute atomic E-state index is 12.3. The largest absolute Gasteiger partial charge is 0.497 e. The molecular formula is C22H33N3O5. The summed E-state index contributed by atoms with van der Waals surface area (Å²) >= 11 is 0. The molecule has 0 saturated carbocycles. The molecule has 1 aliphatic rings. The number of rotatable bonds is 7. The molecule has 1 aromatic carbocycles. The van der Waals surface area contributed by atoms with Crippen molar-refractivity contribution in [2.24, 2.45) is 5.92 Å². The standard InChI is InChI=1S/C22H33N3O5/c1-22(2,3)30-21(28)24-15-20(27)25-10-8-16(9-11-25)14-23-19(26)13-17-6-5-7-18(12-17)29-4/h5-7,12,16H,8-11,13-15H2,1-4H3,(H,23,26)(H,24,28). The maximum atomic E-state index is 12.3. The van der Waals surface area contributed by atoms with Gasteiger partial charge in [-0.1, -0.05) is 12.1 Å². The Labute approximate surface area is 178 Å². The lowest BCUT2D eigenvalue weighted by Gasteiger charge is -2.32. The minimum Gasteiger partial charge on any atom is -0.497 e. The predicted octanol–water partition coefficient (Wildman–Crippen LogP) is 2.12. The van der Waals surface area contributed by atoms with Crippen molar-refractivity contribution in [2.45, 2.75) is 45.6 Å². The number of carbonyl (C=O) groups is 3. The molecule has 2 rings (SSSR count). The molecule has 0 bridgehead atoms. The van der Waals surface area contributed by atoms with Gasteiger partial charge in [-0.3, -0.25) is 9.59 Å². The van der Waals surface area contributed by atoms with Crippen molar-refractivity contribution in [1.29, 1.82) is 0 Å². The number of methoxy groups -OCH3 is 1. The smallest absolute Gasteiger partial charge is 0.408 e. The second-order valence-electron chi connectivity index (χ2n) is 8.51. The van der Waals surface area contributed by atoms with E-state index in [1.54, 1.807) is 32.8 Å². The summed E-state index contributed by atoms with van der Waals surface area (Å²) in [6.07, 6.45) is 1.35. The van der Waals surface area contributed by atoms with Crippen LogP contribution in [0.4, 0.5) is 4.79 Å². The van der Waals surface area contributed by atoms with Gasteiger partial charge < -0.3 is 25.0 Å². The van der Waals surface area contributed by atoms with E-state index < -0.39 is 11.7 Å². The third kappa shape index (κ3) is 8.31. The third-order valence-electron chi connectivity index (χ3n) is 4.84. The Morgan fingerprint density at radius 1 is 1.13 bits per heavy atom. The van der Waals surface area contributed by atoms with Crippen molar-refractivity contribution < 1.29 is 23.9 Å². The van der Waals surface area contributed by atoms with Gasteiger partial charge in [0.25, 0.3) is 0 Å². The summed E-state index contributed by atoms with van der Waals surface area (Å²) in [7, 11) is 1.60. The van der Waals surface area contributed by atoms with E-state index in [0.29, 0.717) is 32.0 Å². The van der Waals surface area contributed by atoms with E-state index in [1.807, 2.05) is 24.3 Å². The summed E-state index contributed by atoms with van der Waals surface area (Å²) in [5.74, 6) is 0.922. The zero-order valence-corrected chi connectivity index (χ0v) is 18.3. The van der Waals surface area contributed by atoms with Crippen LogP contribution in [0.25, 0.3) is 0 Å². The number of hydrogen-bond acceptors (Lipinski definition) is 5. The van der Waals surface area contributed by atoms with Gasteiger partial charge in [-0.15, -0.1) is 0 Å². The van der Waals surface area contributed by atoms with Crippen LogP contribution < -0.4 is 15.4 Å². The second kappa shape index (κ2) is 10.8. The fraction of sp³-hybridized carbons (Fsp3) is 0.591. The van der Waals surface area contributed by atoms with Crippen LogP contribution in [-0.4, -0.2) is 61.7 Å². The van der Waals surface area contributed by atoms with Gasteiger partial charge in [0.15, 0.2) is 0 Å². The molecule has 1 saturated heterocycles. The van der Waals surface area contributed by atoms with E-state index in [-0.39, 0.29) is 18.4 Å². The van der Waals surface area contributed by atoms with Crippen LogP contribution in [0.5, 0.6) is 5.75 Å². The van der Waals surface area contributed by atoms with Crippen molar-refractivity contribution >= 4 is 17.9 Å². The normalized spacial score (nSPS) is 14.7. The number of likely N-dealkylation sites (tertiary alicyclic amines) is 1. The van der Waals surface area contributed by atoms with Gasteiger partial charge in [0, 0.05) is 19.6 Å². The van der Waals surface area contributed by atoms with Crippen LogP contribution in [-0.2, 0) is 20.7 Å². The number of amides is 3. The van der Waals surface area contributed by atoms with E-state index in [4.69, 9.17) is 9.47 Å².